The zero-order valence-corrected chi connectivity index (χ0v) is 12.5. The molecular weight excluding hydrogens is 286 g/mol. The van der Waals surface area contributed by atoms with Gasteiger partial charge in [-0.1, -0.05) is 0 Å². The average molecular weight is 308 g/mol. The van der Waals surface area contributed by atoms with Gasteiger partial charge in [0.2, 0.25) is 0 Å². The van der Waals surface area contributed by atoms with E-state index in [0.29, 0.717) is 6.42 Å². The summed E-state index contributed by atoms with van der Waals surface area (Å²) < 4.78 is 9.82. The Balaban J connectivity index is 0.00000361. The number of morpholine rings is 1. The highest BCUT2D eigenvalue weighted by atomic mass is 35.5. The van der Waals surface area contributed by atoms with Gasteiger partial charge in [0.15, 0.2) is 0 Å². The first-order valence-corrected chi connectivity index (χ1v) is 6.45. The van der Waals surface area contributed by atoms with E-state index in [-0.39, 0.29) is 18.0 Å². The molecule has 0 atom stereocenters. The summed E-state index contributed by atoms with van der Waals surface area (Å²) >= 11 is 0. The van der Waals surface area contributed by atoms with Crippen molar-refractivity contribution in [2.75, 3.05) is 40.0 Å². The molecule has 1 saturated heterocycles. The lowest BCUT2D eigenvalue weighted by atomic mass is 10.1. The van der Waals surface area contributed by atoms with Crippen molar-refractivity contribution in [3.05, 3.63) is 11.6 Å². The van der Waals surface area contributed by atoms with Crippen molar-refractivity contribution in [2.45, 2.75) is 19.3 Å². The lowest BCUT2D eigenvalue weighted by Crippen LogP contribution is -2.36. The summed E-state index contributed by atoms with van der Waals surface area (Å²) in [5, 5.41) is 8.68. The Morgan fingerprint density at radius 3 is 2.50 bits per heavy atom. The summed E-state index contributed by atoms with van der Waals surface area (Å²) in [6.07, 6.45) is 3.06. The number of unbranched alkanes of at least 4 members (excludes halogenated alkanes) is 1. The third-order valence-electron chi connectivity index (χ3n) is 3.02. The molecule has 0 spiro atoms. The number of ether oxygens (including phenoxy) is 2. The van der Waals surface area contributed by atoms with Crippen LogP contribution in [0.1, 0.15) is 19.3 Å². The van der Waals surface area contributed by atoms with E-state index in [1.807, 2.05) is 0 Å². The number of methoxy groups -OCH3 is 1. The number of aliphatic carboxylic acids is 1. The molecule has 0 aromatic rings. The highest BCUT2D eigenvalue weighted by Crippen LogP contribution is 2.10. The van der Waals surface area contributed by atoms with Crippen LogP contribution in [-0.4, -0.2) is 61.9 Å². The zero-order chi connectivity index (χ0) is 14.1. The Kier molecular flexibility index (Phi) is 10.1. The molecule has 0 aromatic heterocycles. The van der Waals surface area contributed by atoms with Crippen LogP contribution in [0, 0.1) is 0 Å². The average Bonchev–Trinajstić information content (AvgIpc) is 2.42. The van der Waals surface area contributed by atoms with Crippen molar-refractivity contribution < 1.29 is 24.2 Å². The maximum absolute atomic E-state index is 11.4. The predicted molar refractivity (Wildman–Crippen MR) is 76.1 cm³/mol. The summed E-state index contributed by atoms with van der Waals surface area (Å²) in [5.74, 6) is -1.68. The Morgan fingerprint density at radius 2 is 1.95 bits per heavy atom. The first-order valence-electron chi connectivity index (χ1n) is 6.45. The fourth-order valence-electron chi connectivity index (χ4n) is 1.99. The molecule has 1 heterocycles. The lowest BCUT2D eigenvalue weighted by Gasteiger charge is -2.26. The zero-order valence-electron chi connectivity index (χ0n) is 11.7. The minimum absolute atomic E-state index is 0. The van der Waals surface area contributed by atoms with Gasteiger partial charge < -0.3 is 14.6 Å². The van der Waals surface area contributed by atoms with E-state index < -0.39 is 11.9 Å². The van der Waals surface area contributed by atoms with Gasteiger partial charge in [-0.05, 0) is 25.8 Å². The molecule has 0 aliphatic carbocycles. The molecule has 0 unspecified atom stereocenters. The summed E-state index contributed by atoms with van der Waals surface area (Å²) in [6, 6.07) is 0. The largest absolute Gasteiger partial charge is 0.478 e. The quantitative estimate of drug-likeness (QED) is 0.431. The van der Waals surface area contributed by atoms with Crippen molar-refractivity contribution in [1.82, 2.24) is 4.90 Å². The van der Waals surface area contributed by atoms with E-state index in [4.69, 9.17) is 9.84 Å². The summed E-state index contributed by atoms with van der Waals surface area (Å²) in [7, 11) is 1.26. The number of carboxylic acids is 1. The Morgan fingerprint density at radius 1 is 1.30 bits per heavy atom. The van der Waals surface area contributed by atoms with Crippen LogP contribution < -0.4 is 0 Å². The van der Waals surface area contributed by atoms with Gasteiger partial charge in [-0.25, -0.2) is 9.59 Å². The molecule has 1 N–H and O–H groups in total. The maximum atomic E-state index is 11.4. The van der Waals surface area contributed by atoms with Crippen molar-refractivity contribution >= 4 is 24.3 Å². The van der Waals surface area contributed by atoms with E-state index in [1.54, 1.807) is 0 Å². The van der Waals surface area contributed by atoms with Crippen LogP contribution in [0.5, 0.6) is 0 Å². The summed E-state index contributed by atoms with van der Waals surface area (Å²) in [5.41, 5.74) is 0.219. The Bertz CT molecular complexity index is 340. The normalized spacial score (nSPS) is 16.4. The summed E-state index contributed by atoms with van der Waals surface area (Å²) in [6.45, 7) is 4.37. The number of carbonyl (C=O) groups is 2. The highest BCUT2D eigenvalue weighted by Gasteiger charge is 2.13. The van der Waals surface area contributed by atoms with E-state index in [2.05, 4.69) is 9.64 Å². The third kappa shape index (κ3) is 7.47. The molecule has 6 nitrogen and oxygen atoms in total. The van der Waals surface area contributed by atoms with Crippen LogP contribution in [0.4, 0.5) is 0 Å². The van der Waals surface area contributed by atoms with Crippen molar-refractivity contribution in [3.63, 3.8) is 0 Å². The third-order valence-corrected chi connectivity index (χ3v) is 3.02. The molecule has 1 rings (SSSR count). The number of halogens is 1. The van der Waals surface area contributed by atoms with Gasteiger partial charge in [0.25, 0.3) is 0 Å². The number of nitrogens with zero attached hydrogens (tertiary/aromatic N) is 1. The van der Waals surface area contributed by atoms with E-state index >= 15 is 0 Å². The second-order valence-corrected chi connectivity index (χ2v) is 4.41. The first-order chi connectivity index (χ1) is 9.13. The Labute approximate surface area is 125 Å². The number of hydrogen-bond donors (Lipinski definition) is 1. The van der Waals surface area contributed by atoms with Crippen LogP contribution in [0.2, 0.25) is 0 Å². The fraction of sp³-hybridized carbons (Fsp3) is 0.692. The van der Waals surface area contributed by atoms with Crippen LogP contribution in [0.15, 0.2) is 11.6 Å². The van der Waals surface area contributed by atoms with Crippen LogP contribution in [0.25, 0.3) is 0 Å². The number of hydrogen-bond acceptors (Lipinski definition) is 5. The molecule has 0 bridgehead atoms. The van der Waals surface area contributed by atoms with Gasteiger partial charge in [0, 0.05) is 24.7 Å². The molecule has 116 valence electrons. The molecule has 0 radical (unpaired) electrons. The van der Waals surface area contributed by atoms with E-state index in [9.17, 15) is 9.59 Å². The SMILES string of the molecule is COC(=O)/C(=C/C(=O)O)CCCCN1CCOCC1.Cl. The van der Waals surface area contributed by atoms with Gasteiger partial charge in [0.05, 0.1) is 20.3 Å². The van der Waals surface area contributed by atoms with Gasteiger partial charge in [0.1, 0.15) is 0 Å². The van der Waals surface area contributed by atoms with Crippen molar-refractivity contribution in [2.24, 2.45) is 0 Å². The van der Waals surface area contributed by atoms with Gasteiger partial charge in [-0.3, -0.25) is 4.90 Å². The number of rotatable bonds is 7. The molecule has 1 aliphatic heterocycles. The highest BCUT2D eigenvalue weighted by molar-refractivity contribution is 5.95. The fourth-order valence-corrected chi connectivity index (χ4v) is 1.99. The molecule has 0 aromatic carbocycles. The monoisotopic (exact) mass is 307 g/mol. The summed E-state index contributed by atoms with van der Waals surface area (Å²) in [4.78, 5) is 24.3. The van der Waals surface area contributed by atoms with Crippen LogP contribution >= 0.6 is 12.4 Å². The molecule has 1 fully saturated rings. The Hall–Kier alpha value is -1.11. The standard InChI is InChI=1S/C13H21NO5.ClH/c1-18-13(17)11(10-12(15)16)4-2-3-5-14-6-8-19-9-7-14;/h10H,2-9H2,1H3,(H,15,16);1H/b11-10+;. The molecule has 0 saturated carbocycles. The number of esters is 1. The van der Waals surface area contributed by atoms with E-state index in [1.165, 1.54) is 7.11 Å². The maximum Gasteiger partial charge on any atom is 0.333 e. The predicted octanol–water partition coefficient (Wildman–Crippen LogP) is 1.09. The second kappa shape index (κ2) is 10.7. The molecule has 0 amide bonds. The number of carbonyl (C=O) groups excluding carboxylic acids is 1. The lowest BCUT2D eigenvalue weighted by molar-refractivity contribution is -0.137. The van der Waals surface area contributed by atoms with Crippen molar-refractivity contribution in [1.29, 1.82) is 0 Å². The first kappa shape index (κ1) is 18.9. The minimum Gasteiger partial charge on any atom is -0.478 e. The van der Waals surface area contributed by atoms with Crippen LogP contribution in [-0.2, 0) is 19.1 Å². The van der Waals surface area contributed by atoms with Crippen LogP contribution in [0.3, 0.4) is 0 Å². The van der Waals surface area contributed by atoms with Crippen molar-refractivity contribution in [3.8, 4) is 0 Å². The molecule has 7 heteroatoms. The molecule has 20 heavy (non-hydrogen) atoms. The minimum atomic E-state index is -1.12. The topological polar surface area (TPSA) is 76.1 Å². The number of carboxylic acid groups (broad SMARTS) is 1. The second-order valence-electron chi connectivity index (χ2n) is 4.41. The smallest absolute Gasteiger partial charge is 0.333 e. The molecular formula is C13H22ClNO5. The van der Waals surface area contributed by atoms with E-state index in [0.717, 1.165) is 51.8 Å². The van der Waals surface area contributed by atoms with Gasteiger partial charge >= 0.3 is 11.9 Å². The van der Waals surface area contributed by atoms with Gasteiger partial charge in [-0.15, -0.1) is 12.4 Å². The molecule has 1 aliphatic rings. The van der Waals surface area contributed by atoms with Gasteiger partial charge in [-0.2, -0.15) is 0 Å².